The lowest BCUT2D eigenvalue weighted by Gasteiger charge is -2.03. The maximum atomic E-state index is 4.70. The van der Waals surface area contributed by atoms with Gasteiger partial charge in [-0.3, -0.25) is 0 Å². The normalized spacial score (nSPS) is 8.22. The van der Waals surface area contributed by atoms with Gasteiger partial charge in [-0.15, -0.1) is 0 Å². The Morgan fingerprint density at radius 2 is 2.33 bits per heavy atom. The molecule has 0 heterocycles. The first-order chi connectivity index (χ1) is 4.16. The van der Waals surface area contributed by atoms with Crippen LogP contribution >= 0.6 is 12.2 Å². The molecule has 0 fully saturated rings. The number of hydrogen-bond acceptors (Lipinski definition) is 2. The number of hydrogen-bond donors (Lipinski definition) is 1. The van der Waals surface area contributed by atoms with Crippen molar-refractivity contribution in [2.45, 2.75) is 6.92 Å². The molecule has 0 atom stereocenters. The first-order valence-corrected chi connectivity index (χ1v) is 3.04. The van der Waals surface area contributed by atoms with Crippen LogP contribution in [0.3, 0.4) is 0 Å². The maximum Gasteiger partial charge on any atom is 0.256 e. The fraction of sp³-hybridized carbons (Fsp3) is 0.500. The Hall–Kier alpha value is -0.570. The van der Waals surface area contributed by atoms with E-state index in [4.69, 9.17) is 12.2 Å². The van der Waals surface area contributed by atoms with E-state index in [1.54, 1.807) is 0 Å². The minimum absolute atomic E-state index is 0.415. The minimum Gasteiger partial charge on any atom is -0.474 e. The van der Waals surface area contributed by atoms with Gasteiger partial charge in [0.1, 0.15) is 0 Å². The molecule has 0 aliphatic carbocycles. The SMILES string of the molecule is C=C(C)CNC(=S)OC. The predicted molar refractivity (Wildman–Crippen MR) is 42.4 cm³/mol. The Labute approximate surface area is 60.9 Å². The van der Waals surface area contributed by atoms with E-state index < -0.39 is 0 Å². The summed E-state index contributed by atoms with van der Waals surface area (Å²) in [6.45, 7) is 6.29. The van der Waals surface area contributed by atoms with Crippen LogP contribution in [0.4, 0.5) is 0 Å². The van der Waals surface area contributed by atoms with Crippen molar-refractivity contribution in [3.8, 4) is 0 Å². The molecule has 0 rings (SSSR count). The summed E-state index contributed by atoms with van der Waals surface area (Å²) in [4.78, 5) is 0. The van der Waals surface area contributed by atoms with Gasteiger partial charge in [0, 0.05) is 6.54 Å². The quantitative estimate of drug-likeness (QED) is 0.464. The van der Waals surface area contributed by atoms with Gasteiger partial charge in [-0.05, 0) is 19.1 Å². The first-order valence-electron chi connectivity index (χ1n) is 2.63. The van der Waals surface area contributed by atoms with Gasteiger partial charge >= 0.3 is 0 Å². The first kappa shape index (κ1) is 8.43. The summed E-state index contributed by atoms with van der Waals surface area (Å²) in [7, 11) is 1.54. The van der Waals surface area contributed by atoms with Crippen molar-refractivity contribution in [1.82, 2.24) is 5.32 Å². The average Bonchev–Trinajstić information content (AvgIpc) is 1.83. The van der Waals surface area contributed by atoms with E-state index in [9.17, 15) is 0 Å². The van der Waals surface area contributed by atoms with Crippen LogP contribution in [0.5, 0.6) is 0 Å². The third kappa shape index (κ3) is 5.30. The molecule has 1 N–H and O–H groups in total. The summed E-state index contributed by atoms with van der Waals surface area (Å²) in [5.74, 6) is 0. The second kappa shape index (κ2) is 4.32. The number of nitrogens with one attached hydrogen (secondary N) is 1. The number of methoxy groups -OCH3 is 1. The van der Waals surface area contributed by atoms with Crippen LogP contribution < -0.4 is 5.32 Å². The van der Waals surface area contributed by atoms with Crippen LogP contribution in [0, 0.1) is 0 Å². The van der Waals surface area contributed by atoms with E-state index in [-0.39, 0.29) is 0 Å². The monoisotopic (exact) mass is 145 g/mol. The Morgan fingerprint density at radius 3 is 2.67 bits per heavy atom. The fourth-order valence-corrected chi connectivity index (χ4v) is 0.367. The van der Waals surface area contributed by atoms with Crippen molar-refractivity contribution in [3.63, 3.8) is 0 Å². The van der Waals surface area contributed by atoms with Crippen LogP contribution in [-0.2, 0) is 4.74 Å². The minimum atomic E-state index is 0.415. The van der Waals surface area contributed by atoms with Gasteiger partial charge in [0.05, 0.1) is 7.11 Å². The number of rotatable bonds is 2. The Balaban J connectivity index is 3.28. The molecule has 0 aromatic heterocycles. The van der Waals surface area contributed by atoms with Crippen molar-refractivity contribution >= 4 is 17.4 Å². The molecule has 2 nitrogen and oxygen atoms in total. The van der Waals surface area contributed by atoms with Crippen LogP contribution in [0.15, 0.2) is 12.2 Å². The summed E-state index contributed by atoms with van der Waals surface area (Å²) in [6.07, 6.45) is 0. The predicted octanol–water partition coefficient (Wildman–Crippen LogP) is 1.08. The van der Waals surface area contributed by atoms with Crippen LogP contribution in [0.25, 0.3) is 0 Å². The van der Waals surface area contributed by atoms with E-state index in [0.717, 1.165) is 5.57 Å². The second-order valence-corrected chi connectivity index (χ2v) is 2.17. The van der Waals surface area contributed by atoms with Gasteiger partial charge in [-0.2, -0.15) is 0 Å². The van der Waals surface area contributed by atoms with Crippen molar-refractivity contribution in [2.75, 3.05) is 13.7 Å². The van der Waals surface area contributed by atoms with E-state index in [1.165, 1.54) is 7.11 Å². The molecule has 0 saturated carbocycles. The third-order valence-corrected chi connectivity index (χ3v) is 1.03. The smallest absolute Gasteiger partial charge is 0.256 e. The summed E-state index contributed by atoms with van der Waals surface area (Å²) in [5.41, 5.74) is 1.04. The lowest BCUT2D eigenvalue weighted by Crippen LogP contribution is -2.23. The Morgan fingerprint density at radius 1 is 1.78 bits per heavy atom. The van der Waals surface area contributed by atoms with E-state index in [0.29, 0.717) is 11.7 Å². The topological polar surface area (TPSA) is 21.3 Å². The molecule has 0 radical (unpaired) electrons. The highest BCUT2D eigenvalue weighted by molar-refractivity contribution is 7.80. The Kier molecular flexibility index (Phi) is 4.05. The van der Waals surface area contributed by atoms with Gasteiger partial charge in [-0.25, -0.2) is 0 Å². The van der Waals surface area contributed by atoms with Crippen LogP contribution in [0.1, 0.15) is 6.92 Å². The van der Waals surface area contributed by atoms with Gasteiger partial charge in [0.2, 0.25) is 0 Å². The van der Waals surface area contributed by atoms with Crippen molar-refractivity contribution in [1.29, 1.82) is 0 Å². The summed E-state index contributed by atoms with van der Waals surface area (Å²) >= 11 is 4.70. The van der Waals surface area contributed by atoms with Crippen molar-refractivity contribution in [3.05, 3.63) is 12.2 Å². The molecular formula is C6H11NOS. The maximum absolute atomic E-state index is 4.70. The molecule has 0 aromatic rings. The summed E-state index contributed by atoms with van der Waals surface area (Å²) in [5, 5.41) is 3.26. The molecule has 52 valence electrons. The highest BCUT2D eigenvalue weighted by atomic mass is 32.1. The summed E-state index contributed by atoms with van der Waals surface area (Å²) < 4.78 is 4.68. The molecule has 0 amide bonds. The van der Waals surface area contributed by atoms with Crippen LogP contribution in [0.2, 0.25) is 0 Å². The molecular weight excluding hydrogens is 134 g/mol. The molecule has 0 spiro atoms. The van der Waals surface area contributed by atoms with E-state index >= 15 is 0 Å². The molecule has 0 aromatic carbocycles. The third-order valence-electron chi connectivity index (χ3n) is 0.720. The number of ether oxygens (including phenoxy) is 1. The standard InChI is InChI=1S/C6H11NOS/c1-5(2)4-7-6(9)8-3/h1,4H2,2-3H3,(H,7,9). The Bertz CT molecular complexity index is 122. The van der Waals surface area contributed by atoms with Gasteiger partial charge in [0.15, 0.2) is 0 Å². The molecule has 0 saturated heterocycles. The lowest BCUT2D eigenvalue weighted by molar-refractivity contribution is 0.395. The zero-order valence-electron chi connectivity index (χ0n) is 5.73. The van der Waals surface area contributed by atoms with Crippen molar-refractivity contribution < 1.29 is 4.74 Å². The van der Waals surface area contributed by atoms with Crippen LogP contribution in [-0.4, -0.2) is 18.8 Å². The number of thiocarbonyl (C=S) groups is 1. The fourth-order valence-electron chi connectivity index (χ4n) is 0.295. The molecule has 0 aliphatic rings. The highest BCUT2D eigenvalue weighted by Crippen LogP contribution is 1.82. The molecule has 9 heavy (non-hydrogen) atoms. The molecule has 3 heteroatoms. The second-order valence-electron chi connectivity index (χ2n) is 1.80. The van der Waals surface area contributed by atoms with E-state index in [1.807, 2.05) is 6.92 Å². The zero-order valence-corrected chi connectivity index (χ0v) is 6.55. The highest BCUT2D eigenvalue weighted by Gasteiger charge is 1.89. The average molecular weight is 145 g/mol. The summed E-state index contributed by atoms with van der Waals surface area (Å²) in [6, 6.07) is 0. The van der Waals surface area contributed by atoms with Gasteiger partial charge < -0.3 is 10.1 Å². The zero-order chi connectivity index (χ0) is 7.28. The van der Waals surface area contributed by atoms with E-state index in [2.05, 4.69) is 16.6 Å². The lowest BCUT2D eigenvalue weighted by atomic mass is 10.4. The van der Waals surface area contributed by atoms with Crippen molar-refractivity contribution in [2.24, 2.45) is 0 Å². The molecule has 0 bridgehead atoms. The van der Waals surface area contributed by atoms with Gasteiger partial charge in [0.25, 0.3) is 5.17 Å². The largest absolute Gasteiger partial charge is 0.474 e. The molecule has 0 aliphatic heterocycles. The molecule has 0 unspecified atom stereocenters. The van der Waals surface area contributed by atoms with Gasteiger partial charge in [-0.1, -0.05) is 12.2 Å².